The number of nitrogens with one attached hydrogen (secondary N) is 3. The van der Waals surface area contributed by atoms with Crippen LogP contribution in [0.5, 0.6) is 5.88 Å². The summed E-state index contributed by atoms with van der Waals surface area (Å²) < 4.78 is 12.1. The highest BCUT2D eigenvalue weighted by molar-refractivity contribution is 5.96. The van der Waals surface area contributed by atoms with Gasteiger partial charge in [-0.2, -0.15) is 0 Å². The number of para-hydroxylation sites is 3. The third-order valence-electron chi connectivity index (χ3n) is 10.2. The van der Waals surface area contributed by atoms with Crippen LogP contribution in [0.2, 0.25) is 0 Å². The quantitative estimate of drug-likeness (QED) is 0.189. The number of aliphatic carboxylic acids is 1. The summed E-state index contributed by atoms with van der Waals surface area (Å²) in [7, 11) is 0. The number of carbonyl (C=O) groups is 4. The lowest BCUT2D eigenvalue weighted by molar-refractivity contribution is -0.145. The minimum Gasteiger partial charge on any atom is -0.479 e. The summed E-state index contributed by atoms with van der Waals surface area (Å²) in [6.07, 6.45) is 8.47. The minimum absolute atomic E-state index is 0.00779. The van der Waals surface area contributed by atoms with Crippen LogP contribution >= 0.6 is 0 Å². The normalized spacial score (nSPS) is 25.8. The third kappa shape index (κ3) is 7.84. The number of allylic oxidation sites excluding steroid dienone is 1. The Bertz CT molecular complexity index is 2070. The molecule has 0 radical (unpaired) electrons. The van der Waals surface area contributed by atoms with Gasteiger partial charge in [0.1, 0.15) is 35.0 Å². The first-order valence-corrected chi connectivity index (χ1v) is 18.4. The van der Waals surface area contributed by atoms with Crippen molar-refractivity contribution in [3.63, 3.8) is 0 Å². The zero-order valence-corrected chi connectivity index (χ0v) is 30.3. The number of hydrogen-bond acceptors (Lipinski definition) is 8. The number of carbonyl (C=O) groups excluding carboxylic acids is 3. The van der Waals surface area contributed by atoms with Crippen LogP contribution in [0.1, 0.15) is 77.0 Å². The van der Waals surface area contributed by atoms with Gasteiger partial charge in [-0.3, -0.25) is 9.59 Å². The maximum Gasteiger partial charge on any atom is 0.408 e. The molecule has 2 aliphatic heterocycles. The lowest BCUT2D eigenvalue weighted by atomic mass is 10.0. The van der Waals surface area contributed by atoms with Crippen molar-refractivity contribution in [3.05, 3.63) is 78.1 Å². The Balaban J connectivity index is 1.21. The van der Waals surface area contributed by atoms with Crippen molar-refractivity contribution in [1.29, 1.82) is 0 Å². The van der Waals surface area contributed by atoms with Gasteiger partial charge in [0.05, 0.1) is 17.6 Å². The van der Waals surface area contributed by atoms with Gasteiger partial charge in [0, 0.05) is 35.9 Å². The standard InChI is InChI=1S/C40H46N6O7/c1-39(2,3)53-38(51)44-31-18-8-6-4-5-7-13-25-21-40(25,37(49)50)45-34(47)33-20-26(23-46(33)36(31)48)52-35-32(42-29-16-11-12-17-30(29)43-35)19-24-22-41-28-15-10-9-14-27(24)28/h7,9-17,22,25-26,31,33,41H,4-6,8,18-21,23H2,1-3H3,(H,44,51)(H,45,47)(H,49,50)/b13-7-/t25-,26+,31-,33-,40+/m0/s1. The summed E-state index contributed by atoms with van der Waals surface area (Å²) in [6, 6.07) is 13.4. The Morgan fingerprint density at radius 1 is 1.04 bits per heavy atom. The fourth-order valence-corrected chi connectivity index (χ4v) is 7.44. The van der Waals surface area contributed by atoms with E-state index < -0.39 is 53.2 Å². The van der Waals surface area contributed by atoms with Crippen LogP contribution in [0.4, 0.5) is 4.79 Å². The first-order valence-electron chi connectivity index (χ1n) is 18.4. The number of nitrogens with zero attached hydrogens (tertiary/aromatic N) is 3. The molecule has 278 valence electrons. The van der Waals surface area contributed by atoms with E-state index in [1.807, 2.05) is 66.9 Å². The Labute approximate surface area is 307 Å². The first kappa shape index (κ1) is 35.9. The molecule has 7 rings (SSSR count). The number of aromatic nitrogens is 3. The van der Waals surface area contributed by atoms with Gasteiger partial charge < -0.3 is 35.1 Å². The molecule has 1 saturated heterocycles. The highest BCUT2D eigenvalue weighted by atomic mass is 16.6. The summed E-state index contributed by atoms with van der Waals surface area (Å²) in [5.74, 6) is -2.24. The van der Waals surface area contributed by atoms with Crippen molar-refractivity contribution < 1.29 is 33.8 Å². The zero-order chi connectivity index (χ0) is 37.3. The second kappa shape index (κ2) is 14.5. The summed E-state index contributed by atoms with van der Waals surface area (Å²) in [6.45, 7) is 5.24. The number of aromatic amines is 1. The summed E-state index contributed by atoms with van der Waals surface area (Å²) in [5.41, 5.74) is 1.68. The highest BCUT2D eigenvalue weighted by Gasteiger charge is 2.61. The number of alkyl carbamates (subject to hydrolysis) is 1. The second-order valence-corrected chi connectivity index (χ2v) is 15.3. The average molecular weight is 723 g/mol. The van der Waals surface area contributed by atoms with Crippen LogP contribution in [0.15, 0.2) is 66.9 Å². The molecule has 1 saturated carbocycles. The molecule has 4 N–H and O–H groups in total. The van der Waals surface area contributed by atoms with E-state index in [4.69, 9.17) is 19.4 Å². The molecule has 4 aromatic rings. The molecule has 3 amide bonds. The SMILES string of the molecule is CC(C)(C)OC(=O)N[C@H]1CCCCC/C=C\[C@H]2C[C@@]2(C(=O)O)NC(=O)[C@@H]2C[C@@H](Oc3nc4ccccc4nc3Cc3c[nH]c4ccccc34)CN2C1=O. The van der Waals surface area contributed by atoms with Crippen molar-refractivity contribution >= 4 is 45.8 Å². The maximum atomic E-state index is 14.5. The van der Waals surface area contributed by atoms with Gasteiger partial charge in [0.15, 0.2) is 0 Å². The van der Waals surface area contributed by atoms with Crippen LogP contribution < -0.4 is 15.4 Å². The monoisotopic (exact) mass is 722 g/mol. The predicted octanol–water partition coefficient (Wildman–Crippen LogP) is 5.42. The van der Waals surface area contributed by atoms with Crippen molar-refractivity contribution in [2.75, 3.05) is 6.54 Å². The largest absolute Gasteiger partial charge is 0.479 e. The first-order chi connectivity index (χ1) is 25.4. The highest BCUT2D eigenvalue weighted by Crippen LogP contribution is 2.45. The Morgan fingerprint density at radius 2 is 1.79 bits per heavy atom. The van der Waals surface area contributed by atoms with Crippen LogP contribution in [-0.4, -0.2) is 84.7 Å². The number of carboxylic acids is 1. The lowest BCUT2D eigenvalue weighted by Crippen LogP contribution is -2.56. The van der Waals surface area contributed by atoms with Gasteiger partial charge in [-0.25, -0.2) is 19.6 Å². The molecule has 2 fully saturated rings. The van der Waals surface area contributed by atoms with E-state index in [0.717, 1.165) is 35.7 Å². The molecule has 2 aromatic carbocycles. The summed E-state index contributed by atoms with van der Waals surface area (Å²) in [4.78, 5) is 68.6. The van der Waals surface area contributed by atoms with E-state index in [-0.39, 0.29) is 31.2 Å². The molecular weight excluding hydrogens is 676 g/mol. The molecule has 5 atom stereocenters. The van der Waals surface area contributed by atoms with Crippen molar-refractivity contribution in [2.24, 2.45) is 5.92 Å². The maximum absolute atomic E-state index is 14.5. The van der Waals surface area contributed by atoms with Gasteiger partial charge >= 0.3 is 12.1 Å². The molecule has 4 heterocycles. The Morgan fingerprint density at radius 3 is 2.57 bits per heavy atom. The number of carboxylic acid groups (broad SMARTS) is 1. The van der Waals surface area contributed by atoms with Crippen molar-refractivity contribution in [1.82, 2.24) is 30.5 Å². The van der Waals surface area contributed by atoms with E-state index in [0.29, 0.717) is 36.0 Å². The Kier molecular flexibility index (Phi) is 9.84. The van der Waals surface area contributed by atoms with E-state index >= 15 is 0 Å². The number of rotatable bonds is 6. The Hall–Kier alpha value is -5.46. The van der Waals surface area contributed by atoms with Gasteiger partial charge in [-0.05, 0) is 70.2 Å². The molecule has 0 unspecified atom stereocenters. The molecule has 2 aromatic heterocycles. The molecule has 13 nitrogen and oxygen atoms in total. The van der Waals surface area contributed by atoms with Gasteiger partial charge in [-0.15, -0.1) is 0 Å². The van der Waals surface area contributed by atoms with Crippen LogP contribution in [0, 0.1) is 5.92 Å². The number of hydrogen-bond donors (Lipinski definition) is 4. The molecule has 13 heteroatoms. The topological polar surface area (TPSA) is 176 Å². The fraction of sp³-hybridized carbons (Fsp3) is 0.450. The summed E-state index contributed by atoms with van der Waals surface area (Å²) >= 11 is 0. The van der Waals surface area contributed by atoms with Crippen molar-refractivity contribution in [3.8, 4) is 5.88 Å². The van der Waals surface area contributed by atoms with E-state index in [2.05, 4.69) is 15.6 Å². The molecule has 0 spiro atoms. The number of ether oxygens (including phenoxy) is 2. The lowest BCUT2D eigenvalue weighted by Gasteiger charge is -2.30. The van der Waals surface area contributed by atoms with Crippen LogP contribution in [-0.2, 0) is 25.5 Å². The molecule has 53 heavy (non-hydrogen) atoms. The number of amides is 3. The number of H-pyrrole nitrogens is 1. The molecule has 0 bridgehead atoms. The molecule has 1 aliphatic carbocycles. The second-order valence-electron chi connectivity index (χ2n) is 15.3. The van der Waals surface area contributed by atoms with E-state index in [1.54, 1.807) is 20.8 Å². The summed E-state index contributed by atoms with van der Waals surface area (Å²) in [5, 5.41) is 16.8. The van der Waals surface area contributed by atoms with Crippen molar-refractivity contribution in [2.45, 2.75) is 101 Å². The molecular formula is C40H46N6O7. The zero-order valence-electron chi connectivity index (χ0n) is 30.3. The number of fused-ring (bicyclic) bond motifs is 4. The van der Waals surface area contributed by atoms with E-state index in [1.165, 1.54) is 4.90 Å². The third-order valence-corrected chi connectivity index (χ3v) is 10.2. The average Bonchev–Trinajstić information content (AvgIpc) is 3.42. The van der Waals surface area contributed by atoms with Crippen LogP contribution in [0.25, 0.3) is 21.9 Å². The smallest absolute Gasteiger partial charge is 0.408 e. The minimum atomic E-state index is -1.45. The predicted molar refractivity (Wildman–Crippen MR) is 197 cm³/mol. The van der Waals surface area contributed by atoms with Crippen LogP contribution in [0.3, 0.4) is 0 Å². The van der Waals surface area contributed by atoms with E-state index in [9.17, 15) is 24.3 Å². The van der Waals surface area contributed by atoms with Gasteiger partial charge in [0.25, 0.3) is 0 Å². The fourth-order valence-electron chi connectivity index (χ4n) is 7.44. The van der Waals surface area contributed by atoms with Gasteiger partial charge in [0.2, 0.25) is 17.7 Å². The molecule has 3 aliphatic rings. The van der Waals surface area contributed by atoms with Gasteiger partial charge in [-0.1, -0.05) is 55.3 Å². The number of benzene rings is 2.